The molecule has 0 bridgehead atoms. The van der Waals surface area contributed by atoms with Crippen molar-refractivity contribution >= 4 is 17.8 Å². The van der Waals surface area contributed by atoms with Crippen LogP contribution in [0.5, 0.6) is 0 Å². The van der Waals surface area contributed by atoms with Crippen molar-refractivity contribution in [1.82, 2.24) is 5.32 Å². The summed E-state index contributed by atoms with van der Waals surface area (Å²) in [6, 6.07) is -2.53. The lowest BCUT2D eigenvalue weighted by Gasteiger charge is -2.16. The van der Waals surface area contributed by atoms with E-state index in [0.29, 0.717) is 6.42 Å². The number of esters is 1. The lowest BCUT2D eigenvalue weighted by molar-refractivity contribution is -0.150. The van der Waals surface area contributed by atoms with Crippen molar-refractivity contribution in [2.75, 3.05) is 6.61 Å². The number of carboxylic acid groups (broad SMARTS) is 1. The van der Waals surface area contributed by atoms with Crippen molar-refractivity contribution in [1.29, 1.82) is 0 Å². The molecular weight excluding hydrogens is 228 g/mol. The van der Waals surface area contributed by atoms with Crippen LogP contribution in [-0.2, 0) is 19.1 Å². The van der Waals surface area contributed by atoms with E-state index in [9.17, 15) is 14.4 Å². The molecule has 0 aliphatic rings. The summed E-state index contributed by atoms with van der Waals surface area (Å²) in [7, 11) is 0. The fourth-order valence-corrected chi connectivity index (χ4v) is 1.15. The number of carbonyl (C=O) groups excluding carboxylic acids is 2. The number of amides is 1. The van der Waals surface area contributed by atoms with E-state index in [2.05, 4.69) is 10.1 Å². The Hall–Kier alpha value is -1.63. The summed E-state index contributed by atoms with van der Waals surface area (Å²) in [4.78, 5) is 33.4. The monoisotopic (exact) mass is 246 g/mol. The summed E-state index contributed by atoms with van der Waals surface area (Å²) in [6.45, 7) is 3.48. The highest BCUT2D eigenvalue weighted by Gasteiger charge is 2.27. The molecule has 0 fully saturated rings. The van der Waals surface area contributed by atoms with Crippen LogP contribution < -0.4 is 11.1 Å². The number of carboxylic acids is 1. The van der Waals surface area contributed by atoms with Crippen molar-refractivity contribution in [3.05, 3.63) is 0 Å². The lowest BCUT2D eigenvalue weighted by Crippen LogP contribution is -2.52. The molecule has 0 heterocycles. The van der Waals surface area contributed by atoms with Gasteiger partial charge in [0, 0.05) is 0 Å². The summed E-state index contributed by atoms with van der Waals surface area (Å²) in [6.07, 6.45) is 0.864. The molecule has 0 aliphatic carbocycles. The van der Waals surface area contributed by atoms with Gasteiger partial charge in [-0.1, -0.05) is 13.3 Å². The van der Waals surface area contributed by atoms with Crippen molar-refractivity contribution in [3.63, 3.8) is 0 Å². The van der Waals surface area contributed by atoms with Crippen LogP contribution in [0.25, 0.3) is 0 Å². The summed E-state index contributed by atoms with van der Waals surface area (Å²) < 4.78 is 4.55. The normalized spacial score (nSPS) is 13.6. The first-order valence-corrected chi connectivity index (χ1v) is 5.39. The fraction of sp³-hybridized carbons (Fsp3) is 0.700. The van der Waals surface area contributed by atoms with E-state index >= 15 is 0 Å². The van der Waals surface area contributed by atoms with Gasteiger partial charge in [0.05, 0.1) is 6.61 Å². The van der Waals surface area contributed by atoms with Gasteiger partial charge in [0.25, 0.3) is 0 Å². The number of ether oxygens (including phenoxy) is 1. The Kier molecular flexibility index (Phi) is 6.88. The number of rotatable bonds is 7. The Morgan fingerprint density at radius 2 is 1.94 bits per heavy atom. The fourth-order valence-electron chi connectivity index (χ4n) is 1.15. The SMILES string of the molecule is CCC[C@H](NC(=O)C(N)C(=O)OCC)C(=O)O. The third kappa shape index (κ3) is 5.30. The van der Waals surface area contributed by atoms with Gasteiger partial charge in [-0.15, -0.1) is 0 Å². The summed E-state index contributed by atoms with van der Waals surface area (Å²) in [5.74, 6) is -2.87. The minimum Gasteiger partial charge on any atom is -0.480 e. The maximum Gasteiger partial charge on any atom is 0.332 e. The number of nitrogens with two attached hydrogens (primary N) is 1. The van der Waals surface area contributed by atoms with Gasteiger partial charge in [-0.05, 0) is 13.3 Å². The van der Waals surface area contributed by atoms with Crippen LogP contribution in [0.2, 0.25) is 0 Å². The van der Waals surface area contributed by atoms with Crippen LogP contribution in [-0.4, -0.2) is 41.6 Å². The predicted molar refractivity (Wildman–Crippen MR) is 59.1 cm³/mol. The van der Waals surface area contributed by atoms with Gasteiger partial charge in [-0.2, -0.15) is 0 Å². The van der Waals surface area contributed by atoms with E-state index in [1.54, 1.807) is 13.8 Å². The highest BCUT2D eigenvalue weighted by Crippen LogP contribution is 1.98. The molecule has 1 unspecified atom stereocenters. The first-order chi connectivity index (χ1) is 7.93. The molecule has 0 aliphatic heterocycles. The van der Waals surface area contributed by atoms with Crippen LogP contribution in [0.1, 0.15) is 26.7 Å². The molecule has 17 heavy (non-hydrogen) atoms. The average Bonchev–Trinajstić information content (AvgIpc) is 2.27. The molecule has 0 rings (SSSR count). The van der Waals surface area contributed by atoms with Gasteiger partial charge in [0.1, 0.15) is 6.04 Å². The molecule has 0 aromatic heterocycles. The Morgan fingerprint density at radius 3 is 2.35 bits per heavy atom. The van der Waals surface area contributed by atoms with Gasteiger partial charge < -0.3 is 20.9 Å². The molecule has 0 saturated carbocycles. The largest absolute Gasteiger partial charge is 0.480 e. The number of hydrogen-bond donors (Lipinski definition) is 3. The van der Waals surface area contributed by atoms with E-state index < -0.39 is 29.9 Å². The van der Waals surface area contributed by atoms with Gasteiger partial charge in [-0.25, -0.2) is 9.59 Å². The van der Waals surface area contributed by atoms with Gasteiger partial charge in [0.2, 0.25) is 5.91 Å². The van der Waals surface area contributed by atoms with Crippen LogP contribution >= 0.6 is 0 Å². The van der Waals surface area contributed by atoms with Crippen LogP contribution in [0.3, 0.4) is 0 Å². The Labute approximate surface area is 99.3 Å². The molecular formula is C10H18N2O5. The second-order valence-electron chi connectivity index (χ2n) is 3.42. The average molecular weight is 246 g/mol. The number of carbonyl (C=O) groups is 3. The minimum absolute atomic E-state index is 0.108. The van der Waals surface area contributed by atoms with Gasteiger partial charge in [0.15, 0.2) is 6.04 Å². The second-order valence-corrected chi connectivity index (χ2v) is 3.42. The lowest BCUT2D eigenvalue weighted by atomic mass is 10.1. The van der Waals surface area contributed by atoms with Gasteiger partial charge in [-0.3, -0.25) is 4.79 Å². The molecule has 0 spiro atoms. The summed E-state index contributed by atoms with van der Waals surface area (Å²) in [5, 5.41) is 11.0. The number of nitrogens with one attached hydrogen (secondary N) is 1. The molecule has 4 N–H and O–H groups in total. The standard InChI is InChI=1S/C10H18N2O5/c1-3-5-6(9(14)15)12-8(13)7(11)10(16)17-4-2/h6-7H,3-5,11H2,1-2H3,(H,12,13)(H,14,15)/t6-,7?/m0/s1. The maximum atomic E-state index is 11.4. The van der Waals surface area contributed by atoms with E-state index in [1.165, 1.54) is 0 Å². The third-order valence-corrected chi connectivity index (χ3v) is 2.01. The van der Waals surface area contributed by atoms with Crippen molar-refractivity contribution in [2.45, 2.75) is 38.8 Å². The highest BCUT2D eigenvalue weighted by atomic mass is 16.5. The molecule has 0 radical (unpaired) electrons. The highest BCUT2D eigenvalue weighted by molar-refractivity contribution is 6.02. The van der Waals surface area contributed by atoms with Crippen LogP contribution in [0.15, 0.2) is 0 Å². The number of hydrogen-bond acceptors (Lipinski definition) is 5. The molecule has 7 heteroatoms. The first kappa shape index (κ1) is 15.4. The van der Waals surface area contributed by atoms with E-state index in [0.717, 1.165) is 0 Å². The topological polar surface area (TPSA) is 119 Å². The Bertz CT molecular complexity index is 292. The van der Waals surface area contributed by atoms with Crippen LogP contribution in [0.4, 0.5) is 0 Å². The molecule has 1 amide bonds. The molecule has 2 atom stereocenters. The van der Waals surface area contributed by atoms with E-state index in [4.69, 9.17) is 10.8 Å². The number of aliphatic carboxylic acids is 1. The van der Waals surface area contributed by atoms with Crippen molar-refractivity contribution < 1.29 is 24.2 Å². The van der Waals surface area contributed by atoms with E-state index in [1.807, 2.05) is 0 Å². The molecule has 0 aromatic rings. The quantitative estimate of drug-likeness (QED) is 0.401. The van der Waals surface area contributed by atoms with Gasteiger partial charge >= 0.3 is 11.9 Å². The maximum absolute atomic E-state index is 11.4. The smallest absolute Gasteiger partial charge is 0.332 e. The van der Waals surface area contributed by atoms with Crippen LogP contribution in [0, 0.1) is 0 Å². The molecule has 0 aromatic carbocycles. The zero-order chi connectivity index (χ0) is 13.4. The Balaban J connectivity index is 4.39. The van der Waals surface area contributed by atoms with E-state index in [-0.39, 0.29) is 13.0 Å². The summed E-state index contributed by atoms with van der Waals surface area (Å²) >= 11 is 0. The molecule has 7 nitrogen and oxygen atoms in total. The zero-order valence-electron chi connectivity index (χ0n) is 9.93. The van der Waals surface area contributed by atoms with Crippen molar-refractivity contribution in [3.8, 4) is 0 Å². The third-order valence-electron chi connectivity index (χ3n) is 2.01. The minimum atomic E-state index is -1.49. The predicted octanol–water partition coefficient (Wildman–Crippen LogP) is -0.754. The zero-order valence-corrected chi connectivity index (χ0v) is 9.93. The Morgan fingerprint density at radius 1 is 1.35 bits per heavy atom. The first-order valence-electron chi connectivity index (χ1n) is 5.39. The molecule has 0 saturated heterocycles. The second kappa shape index (κ2) is 7.61. The molecule has 98 valence electrons. The summed E-state index contributed by atoms with van der Waals surface area (Å²) in [5.41, 5.74) is 5.31. The van der Waals surface area contributed by atoms with Crippen molar-refractivity contribution in [2.24, 2.45) is 5.73 Å².